The maximum Gasteiger partial charge on any atom is 0.258 e. The highest BCUT2D eigenvalue weighted by atomic mass is 35.5. The summed E-state index contributed by atoms with van der Waals surface area (Å²) < 4.78 is 1.63. The highest BCUT2D eigenvalue weighted by Crippen LogP contribution is 2.10. The molecule has 0 aliphatic heterocycles. The van der Waals surface area contributed by atoms with E-state index in [0.717, 1.165) is 18.5 Å². The SMILES string of the molecule is Cc1ccc(-c2cccn(CCCCCl)c2=O)c(=O)[nH]1. The molecule has 2 aromatic rings. The van der Waals surface area contributed by atoms with Gasteiger partial charge in [0.2, 0.25) is 0 Å². The Morgan fingerprint density at radius 1 is 1.15 bits per heavy atom. The molecule has 4 nitrogen and oxygen atoms in total. The van der Waals surface area contributed by atoms with Crippen LogP contribution in [-0.4, -0.2) is 15.4 Å². The zero-order chi connectivity index (χ0) is 14.5. The summed E-state index contributed by atoms with van der Waals surface area (Å²) in [4.78, 5) is 27.0. The van der Waals surface area contributed by atoms with Crippen LogP contribution in [-0.2, 0) is 6.54 Å². The third-order valence-electron chi connectivity index (χ3n) is 3.15. The van der Waals surface area contributed by atoms with E-state index < -0.39 is 0 Å². The van der Waals surface area contributed by atoms with Crippen LogP contribution >= 0.6 is 11.6 Å². The van der Waals surface area contributed by atoms with Crippen LogP contribution < -0.4 is 11.1 Å². The summed E-state index contributed by atoms with van der Waals surface area (Å²) in [5, 5.41) is 0. The molecule has 2 rings (SSSR count). The smallest absolute Gasteiger partial charge is 0.258 e. The average molecular weight is 293 g/mol. The van der Waals surface area contributed by atoms with Crippen molar-refractivity contribution in [3.8, 4) is 11.1 Å². The molecular weight excluding hydrogens is 276 g/mol. The summed E-state index contributed by atoms with van der Waals surface area (Å²) in [7, 11) is 0. The lowest BCUT2D eigenvalue weighted by Gasteiger charge is -2.07. The maximum absolute atomic E-state index is 12.4. The van der Waals surface area contributed by atoms with E-state index in [1.165, 1.54) is 0 Å². The van der Waals surface area contributed by atoms with Crippen LogP contribution in [0.2, 0.25) is 0 Å². The molecule has 0 aliphatic rings. The van der Waals surface area contributed by atoms with Crippen molar-refractivity contribution in [3.63, 3.8) is 0 Å². The van der Waals surface area contributed by atoms with Crippen molar-refractivity contribution in [1.82, 2.24) is 9.55 Å². The van der Waals surface area contributed by atoms with Gasteiger partial charge in [-0.3, -0.25) is 9.59 Å². The van der Waals surface area contributed by atoms with Gasteiger partial charge in [0.25, 0.3) is 11.1 Å². The largest absolute Gasteiger partial charge is 0.326 e. The third kappa shape index (κ3) is 3.20. The molecule has 20 heavy (non-hydrogen) atoms. The molecule has 0 saturated carbocycles. The van der Waals surface area contributed by atoms with Crippen molar-refractivity contribution in [2.75, 3.05) is 5.88 Å². The van der Waals surface area contributed by atoms with Gasteiger partial charge in [-0.25, -0.2) is 0 Å². The van der Waals surface area contributed by atoms with Gasteiger partial charge < -0.3 is 9.55 Å². The lowest BCUT2D eigenvalue weighted by molar-refractivity contribution is 0.616. The molecule has 0 atom stereocenters. The van der Waals surface area contributed by atoms with E-state index in [1.807, 2.05) is 0 Å². The number of aromatic nitrogens is 2. The first-order chi connectivity index (χ1) is 9.63. The Hall–Kier alpha value is -1.81. The fraction of sp³-hybridized carbons (Fsp3) is 0.333. The minimum Gasteiger partial charge on any atom is -0.326 e. The van der Waals surface area contributed by atoms with Gasteiger partial charge in [-0.2, -0.15) is 0 Å². The van der Waals surface area contributed by atoms with Crippen molar-refractivity contribution >= 4 is 11.6 Å². The Morgan fingerprint density at radius 3 is 2.65 bits per heavy atom. The summed E-state index contributed by atoms with van der Waals surface area (Å²) in [6.07, 6.45) is 3.45. The fourth-order valence-corrected chi connectivity index (χ4v) is 2.27. The summed E-state index contributed by atoms with van der Waals surface area (Å²) in [5.74, 6) is 0.589. The minimum atomic E-state index is -0.236. The third-order valence-corrected chi connectivity index (χ3v) is 3.42. The molecule has 106 valence electrons. The van der Waals surface area contributed by atoms with Crippen molar-refractivity contribution in [2.24, 2.45) is 0 Å². The summed E-state index contributed by atoms with van der Waals surface area (Å²) in [5.41, 5.74) is 1.24. The number of nitrogens with zero attached hydrogens (tertiary/aromatic N) is 1. The molecule has 2 heterocycles. The number of hydrogen-bond donors (Lipinski definition) is 1. The van der Waals surface area contributed by atoms with Gasteiger partial charge in [-0.05, 0) is 44.0 Å². The molecule has 2 aromatic heterocycles. The second-order valence-corrected chi connectivity index (χ2v) is 5.08. The van der Waals surface area contributed by atoms with Crippen LogP contribution in [0.15, 0.2) is 40.1 Å². The minimum absolute atomic E-state index is 0.142. The van der Waals surface area contributed by atoms with Gasteiger partial charge in [0, 0.05) is 24.3 Å². The summed E-state index contributed by atoms with van der Waals surface area (Å²) >= 11 is 5.64. The molecule has 0 radical (unpaired) electrons. The molecule has 0 aliphatic carbocycles. The Labute approximate surface area is 122 Å². The number of H-pyrrole nitrogens is 1. The zero-order valence-electron chi connectivity index (χ0n) is 11.4. The number of nitrogens with one attached hydrogen (secondary N) is 1. The van der Waals surface area contributed by atoms with Gasteiger partial charge in [0.05, 0.1) is 11.1 Å². The lowest BCUT2D eigenvalue weighted by Crippen LogP contribution is -2.23. The van der Waals surface area contributed by atoms with Crippen molar-refractivity contribution in [1.29, 1.82) is 0 Å². The predicted molar refractivity (Wildman–Crippen MR) is 81.4 cm³/mol. The fourth-order valence-electron chi connectivity index (χ4n) is 2.08. The van der Waals surface area contributed by atoms with E-state index in [9.17, 15) is 9.59 Å². The van der Waals surface area contributed by atoms with E-state index >= 15 is 0 Å². The molecular formula is C15H17ClN2O2. The Morgan fingerprint density at radius 2 is 1.95 bits per heavy atom. The highest BCUT2D eigenvalue weighted by molar-refractivity contribution is 6.17. The number of unbranched alkanes of at least 4 members (excludes halogenated alkanes) is 1. The van der Waals surface area contributed by atoms with Crippen LogP contribution in [0.3, 0.4) is 0 Å². The molecule has 0 fully saturated rings. The number of halogens is 1. The molecule has 0 aromatic carbocycles. The standard InChI is InChI=1S/C15H17ClN2O2/c1-11-6-7-12(14(19)17-11)13-5-4-10-18(15(13)20)9-3-2-8-16/h4-7,10H,2-3,8-9H2,1H3,(H,17,19). The first-order valence-electron chi connectivity index (χ1n) is 6.59. The van der Waals surface area contributed by atoms with Gasteiger partial charge in [0.1, 0.15) is 0 Å². The zero-order valence-corrected chi connectivity index (χ0v) is 12.1. The number of pyridine rings is 2. The van der Waals surface area contributed by atoms with Gasteiger partial charge in [-0.1, -0.05) is 0 Å². The van der Waals surface area contributed by atoms with E-state index in [2.05, 4.69) is 4.98 Å². The van der Waals surface area contributed by atoms with E-state index in [-0.39, 0.29) is 11.1 Å². The van der Waals surface area contributed by atoms with E-state index in [4.69, 9.17) is 11.6 Å². The summed E-state index contributed by atoms with van der Waals surface area (Å²) in [6.45, 7) is 2.42. The quantitative estimate of drug-likeness (QED) is 0.680. The first kappa shape index (κ1) is 14.6. The van der Waals surface area contributed by atoms with Crippen LogP contribution in [0, 0.1) is 6.92 Å². The van der Waals surface area contributed by atoms with Crippen LogP contribution in [0.5, 0.6) is 0 Å². The van der Waals surface area contributed by atoms with Crippen LogP contribution in [0.4, 0.5) is 0 Å². The Balaban J connectivity index is 2.40. The lowest BCUT2D eigenvalue weighted by atomic mass is 10.1. The average Bonchev–Trinajstić information content (AvgIpc) is 2.42. The van der Waals surface area contributed by atoms with Gasteiger partial charge in [0.15, 0.2) is 0 Å². The Bertz CT molecular complexity index is 704. The molecule has 1 N–H and O–H groups in total. The molecule has 0 spiro atoms. The second kappa shape index (κ2) is 6.57. The topological polar surface area (TPSA) is 54.9 Å². The number of aryl methyl sites for hydroxylation is 2. The molecule has 0 unspecified atom stereocenters. The molecule has 0 saturated heterocycles. The number of hydrogen-bond acceptors (Lipinski definition) is 2. The van der Waals surface area contributed by atoms with E-state index in [0.29, 0.717) is 23.6 Å². The maximum atomic E-state index is 12.4. The first-order valence-corrected chi connectivity index (χ1v) is 7.12. The Kier molecular flexibility index (Phi) is 4.79. The predicted octanol–water partition coefficient (Wildman–Crippen LogP) is 2.53. The number of alkyl halides is 1. The van der Waals surface area contributed by atoms with Gasteiger partial charge in [-0.15, -0.1) is 11.6 Å². The highest BCUT2D eigenvalue weighted by Gasteiger charge is 2.09. The van der Waals surface area contributed by atoms with Crippen LogP contribution in [0.25, 0.3) is 11.1 Å². The number of rotatable bonds is 5. The number of aromatic amines is 1. The van der Waals surface area contributed by atoms with E-state index in [1.54, 1.807) is 42.0 Å². The molecule has 0 bridgehead atoms. The van der Waals surface area contributed by atoms with Gasteiger partial charge >= 0.3 is 0 Å². The normalized spacial score (nSPS) is 10.7. The monoisotopic (exact) mass is 292 g/mol. The van der Waals surface area contributed by atoms with Crippen LogP contribution in [0.1, 0.15) is 18.5 Å². The summed E-state index contributed by atoms with van der Waals surface area (Å²) in [6, 6.07) is 6.95. The second-order valence-electron chi connectivity index (χ2n) is 4.70. The van der Waals surface area contributed by atoms with Crippen molar-refractivity contribution in [3.05, 3.63) is 56.9 Å². The molecule has 0 amide bonds. The molecule has 5 heteroatoms. The van der Waals surface area contributed by atoms with Crippen molar-refractivity contribution in [2.45, 2.75) is 26.3 Å². The van der Waals surface area contributed by atoms with Crippen molar-refractivity contribution < 1.29 is 0 Å².